The lowest BCUT2D eigenvalue weighted by Gasteiger charge is -2.12. The van der Waals surface area contributed by atoms with E-state index in [1.165, 1.54) is 7.11 Å². The monoisotopic (exact) mass is 330 g/mol. The van der Waals surface area contributed by atoms with Crippen molar-refractivity contribution in [1.29, 1.82) is 0 Å². The van der Waals surface area contributed by atoms with E-state index >= 15 is 0 Å². The molecule has 0 spiro atoms. The Bertz CT molecular complexity index is 728. The highest BCUT2D eigenvalue weighted by Crippen LogP contribution is 2.30. The Morgan fingerprint density at radius 3 is 2.75 bits per heavy atom. The van der Waals surface area contributed by atoms with Gasteiger partial charge in [0.2, 0.25) is 5.91 Å². The summed E-state index contributed by atoms with van der Waals surface area (Å²) in [4.78, 5) is 27.6. The maximum absolute atomic E-state index is 12.1. The van der Waals surface area contributed by atoms with Gasteiger partial charge in [-0.15, -0.1) is 0 Å². The van der Waals surface area contributed by atoms with Crippen LogP contribution in [-0.2, 0) is 14.3 Å². The van der Waals surface area contributed by atoms with Gasteiger partial charge < -0.3 is 14.8 Å². The lowest BCUT2D eigenvalue weighted by Crippen LogP contribution is -2.14. The maximum atomic E-state index is 12.1. The number of nitrogens with zero attached hydrogens (tertiary/aromatic N) is 1. The largest absolute Gasteiger partial charge is 0.480 e. The first-order valence-corrected chi connectivity index (χ1v) is 7.88. The number of methoxy groups -OCH3 is 1. The van der Waals surface area contributed by atoms with E-state index < -0.39 is 5.97 Å². The van der Waals surface area contributed by atoms with E-state index in [0.717, 1.165) is 11.8 Å². The molecule has 6 heteroatoms. The summed E-state index contributed by atoms with van der Waals surface area (Å²) < 4.78 is 10.0. The summed E-state index contributed by atoms with van der Waals surface area (Å²) >= 11 is 0. The topological polar surface area (TPSA) is 77.5 Å². The first-order chi connectivity index (χ1) is 11.5. The number of ether oxygens (including phenoxy) is 2. The Morgan fingerprint density at radius 2 is 2.04 bits per heavy atom. The Hall–Kier alpha value is -2.63. The molecular formula is C18H22N2O4. The minimum absolute atomic E-state index is 0.0305. The van der Waals surface area contributed by atoms with Crippen molar-refractivity contribution in [2.24, 2.45) is 5.92 Å². The zero-order chi connectivity index (χ0) is 17.5. The van der Waals surface area contributed by atoms with Crippen molar-refractivity contribution in [1.82, 2.24) is 4.98 Å². The van der Waals surface area contributed by atoms with Gasteiger partial charge in [0, 0.05) is 18.0 Å². The average molecular weight is 330 g/mol. The number of anilines is 1. The predicted molar refractivity (Wildman–Crippen MR) is 92.0 cm³/mol. The van der Waals surface area contributed by atoms with Gasteiger partial charge >= 0.3 is 5.97 Å². The second-order valence-electron chi connectivity index (χ2n) is 5.86. The smallest absolute Gasteiger partial charge is 0.343 e. The van der Waals surface area contributed by atoms with E-state index in [1.807, 2.05) is 6.07 Å². The van der Waals surface area contributed by atoms with E-state index in [-0.39, 0.29) is 12.5 Å². The Morgan fingerprint density at radius 1 is 1.25 bits per heavy atom. The number of benzene rings is 1. The van der Waals surface area contributed by atoms with Gasteiger partial charge in [0.25, 0.3) is 0 Å². The lowest BCUT2D eigenvalue weighted by atomic mass is 10.1. The number of hydrogen-bond acceptors (Lipinski definition) is 5. The molecule has 0 saturated carbocycles. The zero-order valence-electron chi connectivity index (χ0n) is 14.2. The quantitative estimate of drug-likeness (QED) is 0.789. The number of amides is 1. The standard InChI is InChI=1S/C18H22N2O4/c1-12(2)6-9-16(21)20-14-7-8-15(24-11-17(22)23-3)18-13(14)5-4-10-19-18/h4-5,7-8,10,12H,6,9,11H2,1-3H3,(H,20,21). The second-order valence-corrected chi connectivity index (χ2v) is 5.86. The number of esters is 1. The molecular weight excluding hydrogens is 308 g/mol. The highest BCUT2D eigenvalue weighted by atomic mass is 16.6. The van der Waals surface area contributed by atoms with Crippen molar-refractivity contribution < 1.29 is 19.1 Å². The number of hydrogen-bond donors (Lipinski definition) is 1. The number of fused-ring (bicyclic) bond motifs is 1. The van der Waals surface area contributed by atoms with Crippen LogP contribution in [0, 0.1) is 5.92 Å². The van der Waals surface area contributed by atoms with Crippen LogP contribution in [0.4, 0.5) is 5.69 Å². The average Bonchev–Trinajstić information content (AvgIpc) is 2.59. The Kier molecular flexibility index (Phi) is 6.12. The SMILES string of the molecule is COC(=O)COc1ccc(NC(=O)CCC(C)C)c2cccnc12. The molecule has 0 fully saturated rings. The van der Waals surface area contributed by atoms with Crippen molar-refractivity contribution in [3.8, 4) is 5.75 Å². The first-order valence-electron chi connectivity index (χ1n) is 7.88. The molecule has 0 unspecified atom stereocenters. The number of nitrogens with one attached hydrogen (secondary N) is 1. The molecule has 1 aromatic heterocycles. The van der Waals surface area contributed by atoms with Gasteiger partial charge in [0.05, 0.1) is 12.8 Å². The summed E-state index contributed by atoms with van der Waals surface area (Å²) in [6, 6.07) is 7.09. The van der Waals surface area contributed by atoms with Crippen molar-refractivity contribution >= 4 is 28.5 Å². The zero-order valence-corrected chi connectivity index (χ0v) is 14.2. The summed E-state index contributed by atoms with van der Waals surface area (Å²) in [5, 5.41) is 3.68. The summed E-state index contributed by atoms with van der Waals surface area (Å²) in [5.74, 6) is 0.446. The van der Waals surface area contributed by atoms with Crippen molar-refractivity contribution in [2.45, 2.75) is 26.7 Å². The summed E-state index contributed by atoms with van der Waals surface area (Å²) in [5.41, 5.74) is 1.26. The van der Waals surface area contributed by atoms with E-state index in [4.69, 9.17) is 4.74 Å². The number of carbonyl (C=O) groups excluding carboxylic acids is 2. The first kappa shape index (κ1) is 17.7. The van der Waals surface area contributed by atoms with Crippen LogP contribution in [0.1, 0.15) is 26.7 Å². The highest BCUT2D eigenvalue weighted by molar-refractivity contribution is 6.02. The molecule has 1 aromatic carbocycles. The van der Waals surface area contributed by atoms with Crippen molar-refractivity contribution in [3.63, 3.8) is 0 Å². The van der Waals surface area contributed by atoms with Crippen LogP contribution in [0.2, 0.25) is 0 Å². The molecule has 1 amide bonds. The van der Waals surface area contributed by atoms with Gasteiger partial charge in [0.1, 0.15) is 11.3 Å². The van der Waals surface area contributed by atoms with Crippen LogP contribution in [0.15, 0.2) is 30.5 Å². The third-order valence-corrected chi connectivity index (χ3v) is 3.53. The molecule has 0 atom stereocenters. The van der Waals surface area contributed by atoms with Crippen molar-refractivity contribution in [3.05, 3.63) is 30.5 Å². The second kappa shape index (κ2) is 8.29. The Labute approximate surface area is 141 Å². The van der Waals surface area contributed by atoms with E-state index in [2.05, 4.69) is 28.9 Å². The van der Waals surface area contributed by atoms with Gasteiger partial charge in [-0.25, -0.2) is 4.79 Å². The normalized spacial score (nSPS) is 10.7. The van der Waals surface area contributed by atoms with Crippen LogP contribution in [0.25, 0.3) is 10.9 Å². The van der Waals surface area contributed by atoms with Crippen molar-refractivity contribution in [2.75, 3.05) is 19.0 Å². The van der Waals surface area contributed by atoms with Crippen LogP contribution in [0.3, 0.4) is 0 Å². The van der Waals surface area contributed by atoms with Gasteiger partial charge in [0.15, 0.2) is 6.61 Å². The number of rotatable bonds is 7. The minimum Gasteiger partial charge on any atom is -0.480 e. The number of aromatic nitrogens is 1. The molecule has 0 aliphatic carbocycles. The van der Waals surface area contributed by atoms with Crippen LogP contribution < -0.4 is 10.1 Å². The van der Waals surface area contributed by atoms with Crippen LogP contribution in [0.5, 0.6) is 5.75 Å². The van der Waals surface area contributed by atoms with Gasteiger partial charge in [-0.05, 0) is 36.6 Å². The highest BCUT2D eigenvalue weighted by Gasteiger charge is 2.12. The minimum atomic E-state index is -0.467. The predicted octanol–water partition coefficient (Wildman–Crippen LogP) is 3.16. The third-order valence-electron chi connectivity index (χ3n) is 3.53. The van der Waals surface area contributed by atoms with Crippen LogP contribution in [-0.4, -0.2) is 30.6 Å². The third kappa shape index (κ3) is 4.68. The van der Waals surface area contributed by atoms with Gasteiger partial charge in [-0.1, -0.05) is 13.8 Å². The van der Waals surface area contributed by atoms with Gasteiger partial charge in [-0.3, -0.25) is 9.78 Å². The molecule has 0 radical (unpaired) electrons. The maximum Gasteiger partial charge on any atom is 0.343 e. The fourth-order valence-electron chi connectivity index (χ4n) is 2.20. The van der Waals surface area contributed by atoms with E-state index in [1.54, 1.807) is 24.4 Å². The fourth-order valence-corrected chi connectivity index (χ4v) is 2.20. The van der Waals surface area contributed by atoms with Gasteiger partial charge in [-0.2, -0.15) is 0 Å². The number of pyridine rings is 1. The molecule has 2 aromatic rings. The lowest BCUT2D eigenvalue weighted by molar-refractivity contribution is -0.142. The molecule has 128 valence electrons. The molecule has 0 saturated heterocycles. The molecule has 24 heavy (non-hydrogen) atoms. The van der Waals surface area contributed by atoms with E-state index in [9.17, 15) is 9.59 Å². The number of carbonyl (C=O) groups is 2. The summed E-state index contributed by atoms with van der Waals surface area (Å²) in [6.45, 7) is 3.97. The van der Waals surface area contributed by atoms with E-state index in [0.29, 0.717) is 29.3 Å². The fraction of sp³-hybridized carbons (Fsp3) is 0.389. The summed E-state index contributed by atoms with van der Waals surface area (Å²) in [7, 11) is 1.30. The molecule has 0 aliphatic heterocycles. The molecule has 0 aliphatic rings. The molecule has 2 rings (SSSR count). The molecule has 1 N–H and O–H groups in total. The molecule has 6 nitrogen and oxygen atoms in total. The Balaban J connectivity index is 2.20. The molecule has 1 heterocycles. The molecule has 0 bridgehead atoms. The van der Waals surface area contributed by atoms with Crippen LogP contribution >= 0.6 is 0 Å². The summed E-state index contributed by atoms with van der Waals surface area (Å²) in [6.07, 6.45) is 2.94.